The van der Waals surface area contributed by atoms with Crippen molar-refractivity contribution in [1.82, 2.24) is 19.7 Å². The Hall–Kier alpha value is -0.920. The van der Waals surface area contributed by atoms with Gasteiger partial charge in [0.05, 0.1) is 6.20 Å². The summed E-state index contributed by atoms with van der Waals surface area (Å²) in [6.07, 6.45) is 1.51. The van der Waals surface area contributed by atoms with Crippen LogP contribution in [-0.2, 0) is 7.05 Å². The van der Waals surface area contributed by atoms with Crippen LogP contribution in [0.3, 0.4) is 0 Å². The van der Waals surface area contributed by atoms with Crippen LogP contribution in [0.4, 0.5) is 0 Å². The van der Waals surface area contributed by atoms with Crippen LogP contribution >= 0.6 is 22.6 Å². The highest BCUT2D eigenvalue weighted by atomic mass is 127. The van der Waals surface area contributed by atoms with Crippen LogP contribution < -0.4 is 5.56 Å². The van der Waals surface area contributed by atoms with Gasteiger partial charge in [0.15, 0.2) is 9.48 Å². The van der Waals surface area contributed by atoms with E-state index in [9.17, 15) is 4.79 Å². The molecular weight excluding hydrogens is 271 g/mol. The molecule has 0 aliphatic rings. The van der Waals surface area contributed by atoms with Gasteiger partial charge in [0.1, 0.15) is 5.39 Å². The van der Waals surface area contributed by atoms with Gasteiger partial charge in [-0.05, 0) is 22.6 Å². The van der Waals surface area contributed by atoms with Gasteiger partial charge in [-0.2, -0.15) is 5.10 Å². The molecule has 0 unspecified atom stereocenters. The van der Waals surface area contributed by atoms with Gasteiger partial charge in [0, 0.05) is 7.05 Å². The predicted molar refractivity (Wildman–Crippen MR) is 51.8 cm³/mol. The summed E-state index contributed by atoms with van der Waals surface area (Å²) in [6.45, 7) is 0. The van der Waals surface area contributed by atoms with E-state index >= 15 is 0 Å². The van der Waals surface area contributed by atoms with Gasteiger partial charge in [-0.15, -0.1) is 0 Å². The molecule has 2 rings (SSSR count). The Labute approximate surface area is 80.9 Å². The second kappa shape index (κ2) is 2.54. The smallest absolute Gasteiger partial charge is 0.262 e. The fourth-order valence-electron chi connectivity index (χ4n) is 1.01. The summed E-state index contributed by atoms with van der Waals surface area (Å²) in [4.78, 5) is 18.0. The largest absolute Gasteiger partial charge is 0.301 e. The Morgan fingerprint density at radius 2 is 2.42 bits per heavy atom. The molecule has 0 atom stereocenters. The molecule has 62 valence electrons. The number of nitrogens with zero attached hydrogens (tertiary/aromatic N) is 3. The summed E-state index contributed by atoms with van der Waals surface area (Å²) < 4.78 is 2.15. The Morgan fingerprint density at radius 3 is 3.17 bits per heavy atom. The first-order chi connectivity index (χ1) is 5.68. The van der Waals surface area contributed by atoms with Gasteiger partial charge in [-0.1, -0.05) is 0 Å². The number of aromatic amines is 1. The molecule has 0 radical (unpaired) electrons. The van der Waals surface area contributed by atoms with Crippen molar-refractivity contribution in [2.75, 3.05) is 0 Å². The first-order valence-electron chi connectivity index (χ1n) is 3.26. The highest BCUT2D eigenvalue weighted by molar-refractivity contribution is 14.1. The number of hydrogen-bond donors (Lipinski definition) is 1. The van der Waals surface area contributed by atoms with Crippen molar-refractivity contribution in [1.29, 1.82) is 0 Å². The lowest BCUT2D eigenvalue weighted by atomic mass is 10.4. The molecule has 1 N–H and O–H groups in total. The summed E-state index contributed by atoms with van der Waals surface area (Å²) in [5.41, 5.74) is 0.473. The highest BCUT2D eigenvalue weighted by Crippen LogP contribution is 2.04. The van der Waals surface area contributed by atoms with E-state index in [1.165, 1.54) is 6.20 Å². The van der Waals surface area contributed by atoms with Crippen molar-refractivity contribution in [3.8, 4) is 0 Å². The minimum absolute atomic E-state index is 0.141. The number of fused-ring (bicyclic) bond motifs is 1. The highest BCUT2D eigenvalue weighted by Gasteiger charge is 2.05. The third kappa shape index (κ3) is 1.02. The van der Waals surface area contributed by atoms with Gasteiger partial charge >= 0.3 is 0 Å². The lowest BCUT2D eigenvalue weighted by molar-refractivity contribution is 0.783. The first-order valence-corrected chi connectivity index (χ1v) is 4.34. The van der Waals surface area contributed by atoms with Gasteiger partial charge < -0.3 is 4.98 Å². The maximum Gasteiger partial charge on any atom is 0.262 e. The summed E-state index contributed by atoms with van der Waals surface area (Å²) in [7, 11) is 1.75. The van der Waals surface area contributed by atoms with E-state index in [0.717, 1.165) is 0 Å². The molecule has 0 saturated heterocycles. The fraction of sp³-hybridized carbons (Fsp3) is 0.167. The van der Waals surface area contributed by atoms with Crippen LogP contribution in [0.15, 0.2) is 11.0 Å². The third-order valence-corrected chi connectivity index (χ3v) is 2.08. The minimum atomic E-state index is -0.141. The molecule has 0 aliphatic carbocycles. The van der Waals surface area contributed by atoms with Crippen LogP contribution in [0, 0.1) is 3.83 Å². The minimum Gasteiger partial charge on any atom is -0.301 e. The number of hydrogen-bond acceptors (Lipinski definition) is 3. The zero-order valence-corrected chi connectivity index (χ0v) is 8.36. The third-order valence-electron chi connectivity index (χ3n) is 1.57. The van der Waals surface area contributed by atoms with Gasteiger partial charge in [-0.3, -0.25) is 9.48 Å². The molecule has 2 aromatic heterocycles. The maximum absolute atomic E-state index is 11.3. The normalized spacial score (nSPS) is 10.8. The number of aromatic nitrogens is 4. The zero-order valence-electron chi connectivity index (χ0n) is 6.21. The number of nitrogens with one attached hydrogen (secondary N) is 1. The molecule has 0 aliphatic heterocycles. The Morgan fingerprint density at radius 1 is 1.67 bits per heavy atom. The topological polar surface area (TPSA) is 63.6 Å². The zero-order chi connectivity index (χ0) is 8.72. The number of aryl methyl sites for hydroxylation is 1. The van der Waals surface area contributed by atoms with Gasteiger partial charge in [0.25, 0.3) is 5.56 Å². The molecule has 0 fully saturated rings. The van der Waals surface area contributed by atoms with Crippen LogP contribution in [0.1, 0.15) is 0 Å². The Balaban J connectivity index is 3.03. The molecule has 2 aromatic rings. The predicted octanol–water partition coefficient (Wildman–Crippen LogP) is 0.261. The maximum atomic E-state index is 11.3. The number of rotatable bonds is 0. The summed E-state index contributed by atoms with van der Waals surface area (Å²) in [6, 6.07) is 0. The van der Waals surface area contributed by atoms with Crippen LogP contribution in [0.5, 0.6) is 0 Å². The van der Waals surface area contributed by atoms with Crippen LogP contribution in [0.2, 0.25) is 0 Å². The lowest BCUT2D eigenvalue weighted by Crippen LogP contribution is -2.09. The van der Waals surface area contributed by atoms with Gasteiger partial charge in [0.2, 0.25) is 0 Å². The van der Waals surface area contributed by atoms with Crippen LogP contribution in [-0.4, -0.2) is 19.7 Å². The molecular formula is C6H5IN4O. The summed E-state index contributed by atoms with van der Waals surface area (Å²) in [5, 5.41) is 4.45. The SMILES string of the molecule is Cn1ncc2c(=O)[nH]c(I)nc21. The first kappa shape index (κ1) is 7.71. The quantitative estimate of drug-likeness (QED) is 0.554. The van der Waals surface area contributed by atoms with Crippen molar-refractivity contribution in [2.24, 2.45) is 7.05 Å². The Kier molecular flexibility index (Phi) is 1.63. The van der Waals surface area contributed by atoms with E-state index in [2.05, 4.69) is 15.1 Å². The van der Waals surface area contributed by atoms with E-state index in [4.69, 9.17) is 0 Å². The molecule has 0 aromatic carbocycles. The van der Waals surface area contributed by atoms with E-state index < -0.39 is 0 Å². The molecule has 5 nitrogen and oxygen atoms in total. The molecule has 12 heavy (non-hydrogen) atoms. The number of H-pyrrole nitrogens is 1. The van der Waals surface area contributed by atoms with E-state index in [0.29, 0.717) is 14.9 Å². The molecule has 0 amide bonds. The fourth-order valence-corrected chi connectivity index (χ4v) is 1.48. The second-order valence-electron chi connectivity index (χ2n) is 2.36. The van der Waals surface area contributed by atoms with E-state index in [1.54, 1.807) is 11.7 Å². The van der Waals surface area contributed by atoms with E-state index in [1.807, 2.05) is 22.6 Å². The molecule has 2 heterocycles. The average Bonchev–Trinajstić information content (AvgIpc) is 2.33. The summed E-state index contributed by atoms with van der Waals surface area (Å²) >= 11 is 1.96. The van der Waals surface area contributed by atoms with Crippen molar-refractivity contribution < 1.29 is 0 Å². The van der Waals surface area contributed by atoms with Crippen molar-refractivity contribution in [3.05, 3.63) is 20.4 Å². The number of halogens is 1. The molecule has 0 bridgehead atoms. The van der Waals surface area contributed by atoms with Crippen LogP contribution in [0.25, 0.3) is 11.0 Å². The van der Waals surface area contributed by atoms with Gasteiger partial charge in [-0.25, -0.2) is 4.98 Å². The monoisotopic (exact) mass is 276 g/mol. The summed E-state index contributed by atoms with van der Waals surface area (Å²) in [5.74, 6) is 0. The van der Waals surface area contributed by atoms with E-state index in [-0.39, 0.29) is 5.56 Å². The Bertz CT molecular complexity index is 486. The van der Waals surface area contributed by atoms with Crippen molar-refractivity contribution in [3.63, 3.8) is 0 Å². The van der Waals surface area contributed by atoms with Crippen molar-refractivity contribution in [2.45, 2.75) is 0 Å². The lowest BCUT2D eigenvalue weighted by Gasteiger charge is -1.92. The molecule has 0 saturated carbocycles. The second-order valence-corrected chi connectivity index (χ2v) is 3.38. The van der Waals surface area contributed by atoms with Crippen molar-refractivity contribution >= 4 is 33.6 Å². The molecule has 6 heteroatoms. The average molecular weight is 276 g/mol. The standard InChI is InChI=1S/C6H5IN4O/c1-11-4-3(2-8-11)5(12)10-6(7)9-4/h2H,1H3,(H,9,10,12). The molecule has 0 spiro atoms.